The van der Waals surface area contributed by atoms with E-state index in [0.717, 1.165) is 24.5 Å². The molecule has 0 aliphatic rings. The number of hydrogen-bond acceptors (Lipinski definition) is 4. The van der Waals surface area contributed by atoms with E-state index in [1.807, 2.05) is 36.4 Å². The van der Waals surface area contributed by atoms with Crippen molar-refractivity contribution in [3.05, 3.63) is 63.7 Å². The van der Waals surface area contributed by atoms with Gasteiger partial charge in [-0.3, -0.25) is 14.2 Å². The summed E-state index contributed by atoms with van der Waals surface area (Å²) in [5.74, 6) is -0.162. The number of nitrogens with zero attached hydrogens (tertiary/aromatic N) is 2. The number of benzene rings is 2. The molecule has 6 nitrogen and oxygen atoms in total. The van der Waals surface area contributed by atoms with E-state index < -0.39 is 0 Å². The Morgan fingerprint density at radius 1 is 1.11 bits per heavy atom. The first-order valence-electron chi connectivity index (χ1n) is 9.40. The van der Waals surface area contributed by atoms with Gasteiger partial charge in [0.1, 0.15) is 0 Å². The molecular weight excluding hydrogens is 372 g/mol. The van der Waals surface area contributed by atoms with E-state index in [1.165, 1.54) is 4.57 Å². The highest BCUT2D eigenvalue weighted by Crippen LogP contribution is 2.18. The molecule has 3 rings (SSSR count). The Hall–Kier alpha value is -2.93. The molecule has 0 atom stereocenters. The summed E-state index contributed by atoms with van der Waals surface area (Å²) in [5, 5.41) is 3.43. The van der Waals surface area contributed by atoms with Crippen molar-refractivity contribution in [2.45, 2.75) is 26.8 Å². The summed E-state index contributed by atoms with van der Waals surface area (Å²) in [6.45, 7) is 6.31. The number of para-hydroxylation sites is 1. The second-order valence-corrected chi connectivity index (χ2v) is 6.84. The molecule has 0 saturated heterocycles. The topological polar surface area (TPSA) is 70.1 Å². The molecule has 0 bridgehead atoms. The number of fused-ring (bicyclic) bond motifs is 1. The fraction of sp³-hybridized carbons (Fsp3) is 0.286. The third-order valence-corrected chi connectivity index (χ3v) is 5.05. The molecule has 3 aromatic rings. The lowest BCUT2D eigenvalue weighted by Crippen LogP contribution is -2.25. The molecule has 1 amide bonds. The molecule has 146 valence electrons. The van der Waals surface area contributed by atoms with Gasteiger partial charge in [0.25, 0.3) is 5.56 Å². The van der Waals surface area contributed by atoms with Crippen LogP contribution >= 0.6 is 12.2 Å². The molecule has 0 aliphatic carbocycles. The summed E-state index contributed by atoms with van der Waals surface area (Å²) >= 11 is 5.28. The number of amides is 1. The van der Waals surface area contributed by atoms with Crippen LogP contribution in [0.4, 0.5) is 11.4 Å². The molecule has 0 spiro atoms. The van der Waals surface area contributed by atoms with Crippen LogP contribution in [0.25, 0.3) is 10.9 Å². The van der Waals surface area contributed by atoms with Crippen LogP contribution in [0.5, 0.6) is 0 Å². The summed E-state index contributed by atoms with van der Waals surface area (Å²) in [5.41, 5.74) is 2.37. The van der Waals surface area contributed by atoms with Gasteiger partial charge in [-0.05, 0) is 62.5 Å². The molecule has 1 heterocycles. The summed E-state index contributed by atoms with van der Waals surface area (Å²) < 4.78 is 1.75. The van der Waals surface area contributed by atoms with Gasteiger partial charge in [-0.15, -0.1) is 0 Å². The number of aromatic amines is 1. The number of nitrogens with one attached hydrogen (secondary N) is 2. The summed E-state index contributed by atoms with van der Waals surface area (Å²) in [4.78, 5) is 30.2. The molecular formula is C21H24N4O2S. The maximum atomic E-state index is 12.6. The van der Waals surface area contributed by atoms with Crippen molar-refractivity contribution < 1.29 is 4.79 Å². The van der Waals surface area contributed by atoms with Gasteiger partial charge in [0.2, 0.25) is 5.91 Å². The number of aromatic nitrogens is 2. The highest BCUT2D eigenvalue weighted by molar-refractivity contribution is 7.71. The molecule has 7 heteroatoms. The Labute approximate surface area is 168 Å². The summed E-state index contributed by atoms with van der Waals surface area (Å²) in [7, 11) is 0. The Bertz CT molecular complexity index is 1080. The van der Waals surface area contributed by atoms with Crippen molar-refractivity contribution in [1.29, 1.82) is 0 Å². The van der Waals surface area contributed by atoms with Gasteiger partial charge < -0.3 is 15.2 Å². The third kappa shape index (κ3) is 4.31. The molecule has 1 aromatic heterocycles. The minimum atomic E-state index is -0.185. The fourth-order valence-corrected chi connectivity index (χ4v) is 3.47. The Balaban J connectivity index is 1.67. The van der Waals surface area contributed by atoms with E-state index >= 15 is 0 Å². The second kappa shape index (κ2) is 8.84. The van der Waals surface area contributed by atoms with Gasteiger partial charge in [0, 0.05) is 37.4 Å². The molecule has 0 aliphatic heterocycles. The van der Waals surface area contributed by atoms with Crippen LogP contribution in [0.2, 0.25) is 0 Å². The van der Waals surface area contributed by atoms with Crippen LogP contribution in [0, 0.1) is 4.77 Å². The van der Waals surface area contributed by atoms with E-state index in [4.69, 9.17) is 12.2 Å². The zero-order valence-electron chi connectivity index (χ0n) is 16.1. The van der Waals surface area contributed by atoms with E-state index in [9.17, 15) is 9.59 Å². The number of hydrogen-bond donors (Lipinski definition) is 2. The minimum absolute atomic E-state index is 0.160. The quantitative estimate of drug-likeness (QED) is 0.594. The molecule has 0 unspecified atom stereocenters. The monoisotopic (exact) mass is 396 g/mol. The molecule has 28 heavy (non-hydrogen) atoms. The van der Waals surface area contributed by atoms with Crippen molar-refractivity contribution in [1.82, 2.24) is 9.55 Å². The lowest BCUT2D eigenvalue weighted by molar-refractivity contribution is -0.116. The smallest absolute Gasteiger partial charge is 0.262 e. The maximum Gasteiger partial charge on any atom is 0.262 e. The van der Waals surface area contributed by atoms with Crippen molar-refractivity contribution in [3.8, 4) is 0 Å². The molecule has 0 radical (unpaired) electrons. The van der Waals surface area contributed by atoms with E-state index in [-0.39, 0.29) is 24.4 Å². The van der Waals surface area contributed by atoms with Crippen LogP contribution < -0.4 is 15.8 Å². The van der Waals surface area contributed by atoms with E-state index in [2.05, 4.69) is 29.0 Å². The zero-order chi connectivity index (χ0) is 20.1. The highest BCUT2D eigenvalue weighted by atomic mass is 32.1. The van der Waals surface area contributed by atoms with Crippen LogP contribution in [0.15, 0.2) is 53.3 Å². The number of H-pyrrole nitrogens is 1. The predicted molar refractivity (Wildman–Crippen MR) is 117 cm³/mol. The van der Waals surface area contributed by atoms with Crippen LogP contribution in [-0.2, 0) is 11.3 Å². The SMILES string of the molecule is CCN(CC)c1ccc(NC(=O)CCn2c(=S)[nH]c3ccccc3c2=O)cc1. The minimum Gasteiger partial charge on any atom is -0.372 e. The number of rotatable bonds is 7. The normalized spacial score (nSPS) is 10.8. The zero-order valence-corrected chi connectivity index (χ0v) is 16.9. The van der Waals surface area contributed by atoms with Gasteiger partial charge >= 0.3 is 0 Å². The van der Waals surface area contributed by atoms with Crippen molar-refractivity contribution >= 4 is 40.4 Å². The highest BCUT2D eigenvalue weighted by Gasteiger charge is 2.09. The largest absolute Gasteiger partial charge is 0.372 e. The molecule has 2 N–H and O–H groups in total. The molecule has 2 aromatic carbocycles. The van der Waals surface area contributed by atoms with Gasteiger partial charge in [0.15, 0.2) is 4.77 Å². The number of anilines is 2. The van der Waals surface area contributed by atoms with Gasteiger partial charge in [-0.2, -0.15) is 0 Å². The van der Waals surface area contributed by atoms with Crippen LogP contribution in [-0.4, -0.2) is 28.5 Å². The van der Waals surface area contributed by atoms with E-state index in [0.29, 0.717) is 15.7 Å². The first-order chi connectivity index (χ1) is 13.5. The predicted octanol–water partition coefficient (Wildman–Crippen LogP) is 3.93. The van der Waals surface area contributed by atoms with Gasteiger partial charge in [-0.1, -0.05) is 12.1 Å². The number of carbonyl (C=O) groups is 1. The molecule has 0 saturated carbocycles. The second-order valence-electron chi connectivity index (χ2n) is 6.45. The third-order valence-electron chi connectivity index (χ3n) is 4.73. The first-order valence-corrected chi connectivity index (χ1v) is 9.81. The average Bonchev–Trinajstić information content (AvgIpc) is 2.70. The Morgan fingerprint density at radius 2 is 1.79 bits per heavy atom. The fourth-order valence-electron chi connectivity index (χ4n) is 3.18. The number of carbonyl (C=O) groups excluding carboxylic acids is 1. The molecule has 0 fully saturated rings. The van der Waals surface area contributed by atoms with Crippen molar-refractivity contribution in [3.63, 3.8) is 0 Å². The lowest BCUT2D eigenvalue weighted by atomic mass is 10.2. The van der Waals surface area contributed by atoms with Crippen molar-refractivity contribution in [2.24, 2.45) is 0 Å². The summed E-state index contributed by atoms with van der Waals surface area (Å²) in [6, 6.07) is 15.0. The Kier molecular flexibility index (Phi) is 6.26. The van der Waals surface area contributed by atoms with Crippen LogP contribution in [0.1, 0.15) is 20.3 Å². The maximum absolute atomic E-state index is 12.6. The first kappa shape index (κ1) is 19.8. The van der Waals surface area contributed by atoms with Crippen LogP contribution in [0.3, 0.4) is 0 Å². The van der Waals surface area contributed by atoms with Gasteiger partial charge in [-0.25, -0.2) is 0 Å². The lowest BCUT2D eigenvalue weighted by Gasteiger charge is -2.21. The van der Waals surface area contributed by atoms with Crippen molar-refractivity contribution in [2.75, 3.05) is 23.3 Å². The standard InChI is InChI=1S/C21H24N4O2S/c1-3-24(4-2)16-11-9-15(10-12-16)22-19(26)13-14-25-20(27)17-7-5-6-8-18(17)23-21(25)28/h5-12H,3-4,13-14H2,1-2H3,(H,22,26)(H,23,28). The average molecular weight is 397 g/mol. The van der Waals surface area contributed by atoms with Gasteiger partial charge in [0.05, 0.1) is 10.9 Å². The Morgan fingerprint density at radius 3 is 2.46 bits per heavy atom. The van der Waals surface area contributed by atoms with E-state index in [1.54, 1.807) is 12.1 Å². The summed E-state index contributed by atoms with van der Waals surface area (Å²) in [6.07, 6.45) is 0.160.